The van der Waals surface area contributed by atoms with Crippen LogP contribution in [-0.4, -0.2) is 27.4 Å². The Bertz CT molecular complexity index is 5300. The molecule has 462 valence electrons. The zero-order chi connectivity index (χ0) is 65.0. The average Bonchev–Trinajstić information content (AvgIpc) is 0.777. The average molecular weight is 1280 g/mol. The Morgan fingerprint density at radius 2 is 0.571 bits per heavy atom. The number of para-hydroxylation sites is 2. The van der Waals surface area contributed by atoms with Crippen molar-refractivity contribution in [3.8, 4) is 16.8 Å². The number of rotatable bonds is 15. The van der Waals surface area contributed by atoms with Crippen molar-refractivity contribution in [1.82, 2.24) is 4.57 Å². The molecule has 15 aromatic carbocycles. The van der Waals surface area contributed by atoms with Gasteiger partial charge in [0.05, 0.1) is 16.7 Å². The van der Waals surface area contributed by atoms with E-state index >= 15 is 0 Å². The quantitative estimate of drug-likeness (QED) is 0.0749. The van der Waals surface area contributed by atoms with Crippen LogP contribution in [0.3, 0.4) is 0 Å². The molecule has 0 saturated carbocycles. The molecule has 0 bridgehead atoms. The van der Waals surface area contributed by atoms with Gasteiger partial charge in [-0.25, -0.2) is 0 Å². The lowest BCUT2D eigenvalue weighted by molar-refractivity contribution is 0.961. The Balaban J connectivity index is 0.955. The lowest BCUT2D eigenvalue weighted by Crippen LogP contribution is -2.75. The normalized spacial score (nSPS) is 12.5. The molecule has 2 aliphatic heterocycles. The molecule has 0 unspecified atom stereocenters. The monoisotopic (exact) mass is 1280 g/mol. The number of anilines is 6. The second kappa shape index (κ2) is 24.8. The topological polar surface area (TPSA) is 11.4 Å². The number of nitrogens with zero attached hydrogens (tertiary/aromatic N) is 3. The van der Waals surface area contributed by atoms with Crippen molar-refractivity contribution in [2.24, 2.45) is 0 Å². The molecule has 16 aromatic rings. The summed E-state index contributed by atoms with van der Waals surface area (Å²) in [4.78, 5) is 5.24. The maximum Gasteiger partial charge on any atom is 0.252 e. The van der Waals surface area contributed by atoms with Crippen LogP contribution in [0.1, 0.15) is 11.1 Å². The fraction of sp³-hybridized carbons (Fsp3) is 0.0217. The highest BCUT2D eigenvalue weighted by molar-refractivity contribution is 7.20. The summed E-state index contributed by atoms with van der Waals surface area (Å²) in [6.45, 7) is -0.187. The molecule has 2 aliphatic rings. The van der Waals surface area contributed by atoms with Gasteiger partial charge in [0.2, 0.25) is 0 Å². The molecule has 0 spiro atoms. The first-order valence-electron chi connectivity index (χ1n) is 34.3. The molecule has 0 saturated heterocycles. The van der Waals surface area contributed by atoms with E-state index in [1.807, 2.05) is 0 Å². The van der Waals surface area contributed by atoms with E-state index in [0.717, 1.165) is 41.3 Å². The van der Waals surface area contributed by atoms with Gasteiger partial charge in [-0.2, -0.15) is 0 Å². The van der Waals surface area contributed by atoms with Crippen LogP contribution in [0.5, 0.6) is 0 Å². The van der Waals surface area contributed by atoms with E-state index in [4.69, 9.17) is 0 Å². The zero-order valence-corrected chi connectivity index (χ0v) is 56.3. The number of aryl methyl sites for hydroxylation is 2. The van der Waals surface area contributed by atoms with Gasteiger partial charge in [0.1, 0.15) is 0 Å². The fourth-order valence-electron chi connectivity index (χ4n) is 16.7. The standard InChI is InChI=1S/C92H68BN3Si2/c1-9-29-67(30-10-1)49-50-68-51-61-88-84(63-68)93-85-66-81(98(77-39-19-6-20-40-77,78-41-21-7-22-42-78)79-43-23-8-24-44-79)60-62-89(85)95(72-56-58-80(59-57-72)97(74-33-13-3-14-34-74,75-35-15-4-16-36-75)76-37-17-5-18-38-76)91-65-73(96-86-47-27-25-45-82(86)83-46-26-28-48-87(83)96)64-90(92(91)93)94(88)71-54-52-70(53-55-71)69-31-11-2-12-32-69/h1-48,51-66H,49-50H2. The van der Waals surface area contributed by atoms with E-state index in [9.17, 15) is 0 Å². The summed E-state index contributed by atoms with van der Waals surface area (Å²) in [6.07, 6.45) is 1.84. The maximum absolute atomic E-state index is 3.09. The minimum Gasteiger partial charge on any atom is -0.311 e. The Morgan fingerprint density at radius 1 is 0.235 bits per heavy atom. The second-order valence-electron chi connectivity index (χ2n) is 26.2. The highest BCUT2D eigenvalue weighted by Crippen LogP contribution is 2.47. The molecular formula is C92H68BN3Si2. The van der Waals surface area contributed by atoms with E-state index in [-0.39, 0.29) is 6.71 Å². The summed E-state index contributed by atoms with van der Waals surface area (Å²) in [5.74, 6) is 0. The van der Waals surface area contributed by atoms with Crippen molar-refractivity contribution in [1.29, 1.82) is 0 Å². The lowest BCUT2D eigenvalue weighted by atomic mass is 9.33. The predicted octanol–water partition coefficient (Wildman–Crippen LogP) is 15.1. The highest BCUT2D eigenvalue weighted by Gasteiger charge is 2.48. The highest BCUT2D eigenvalue weighted by atomic mass is 28.3. The van der Waals surface area contributed by atoms with Crippen LogP contribution >= 0.6 is 0 Å². The summed E-state index contributed by atoms with van der Waals surface area (Å²) >= 11 is 0. The fourth-order valence-corrected chi connectivity index (χ4v) is 26.2. The Labute approximate surface area is 576 Å². The number of benzene rings is 15. The number of hydrogen-bond donors (Lipinski definition) is 0. The molecule has 0 amide bonds. The van der Waals surface area contributed by atoms with Gasteiger partial charge in [-0.3, -0.25) is 0 Å². The summed E-state index contributed by atoms with van der Waals surface area (Å²) in [6, 6.07) is 147. The van der Waals surface area contributed by atoms with Crippen molar-refractivity contribution in [3.63, 3.8) is 0 Å². The second-order valence-corrected chi connectivity index (χ2v) is 33.8. The first kappa shape index (κ1) is 58.8. The van der Waals surface area contributed by atoms with Gasteiger partial charge >= 0.3 is 0 Å². The van der Waals surface area contributed by atoms with Crippen molar-refractivity contribution < 1.29 is 0 Å². The molecule has 0 fully saturated rings. The summed E-state index contributed by atoms with van der Waals surface area (Å²) in [5.41, 5.74) is 19.2. The largest absolute Gasteiger partial charge is 0.311 e. The molecule has 6 heteroatoms. The van der Waals surface area contributed by atoms with Gasteiger partial charge in [-0.1, -0.05) is 328 Å². The van der Waals surface area contributed by atoms with Gasteiger partial charge in [-0.05, 0) is 154 Å². The van der Waals surface area contributed by atoms with Crippen LogP contribution in [0.4, 0.5) is 34.1 Å². The van der Waals surface area contributed by atoms with Crippen molar-refractivity contribution in [2.75, 3.05) is 9.80 Å². The molecule has 0 atom stereocenters. The molecule has 0 radical (unpaired) electrons. The molecule has 3 nitrogen and oxygen atoms in total. The third kappa shape index (κ3) is 9.69. The molecular weight excluding hydrogens is 1210 g/mol. The number of aromatic nitrogens is 1. The first-order valence-corrected chi connectivity index (χ1v) is 38.3. The summed E-state index contributed by atoms with van der Waals surface area (Å²) in [7, 11) is -6.02. The molecule has 1 aromatic heterocycles. The van der Waals surface area contributed by atoms with Crippen LogP contribution in [0.15, 0.2) is 388 Å². The van der Waals surface area contributed by atoms with Crippen LogP contribution in [0.25, 0.3) is 38.6 Å². The van der Waals surface area contributed by atoms with Crippen LogP contribution < -0.4 is 67.7 Å². The van der Waals surface area contributed by atoms with Gasteiger partial charge in [-0.15, -0.1) is 0 Å². The predicted molar refractivity (Wildman–Crippen MR) is 421 cm³/mol. The van der Waals surface area contributed by atoms with Gasteiger partial charge in [0, 0.05) is 44.9 Å². The Kier molecular flexibility index (Phi) is 14.8. The third-order valence-corrected chi connectivity index (χ3v) is 30.5. The zero-order valence-electron chi connectivity index (χ0n) is 54.3. The van der Waals surface area contributed by atoms with Crippen LogP contribution in [0.2, 0.25) is 0 Å². The third-order valence-electron chi connectivity index (χ3n) is 21.0. The van der Waals surface area contributed by atoms with Gasteiger partial charge in [0.15, 0.2) is 16.1 Å². The van der Waals surface area contributed by atoms with E-state index < -0.39 is 16.1 Å². The van der Waals surface area contributed by atoms with Crippen molar-refractivity contribution in [2.45, 2.75) is 12.8 Å². The minimum absolute atomic E-state index is 0.187. The molecule has 98 heavy (non-hydrogen) atoms. The van der Waals surface area contributed by atoms with E-state index in [1.165, 1.54) is 113 Å². The van der Waals surface area contributed by atoms with E-state index in [0.29, 0.717) is 0 Å². The lowest BCUT2D eigenvalue weighted by Gasteiger charge is -2.45. The van der Waals surface area contributed by atoms with Gasteiger partial charge < -0.3 is 14.4 Å². The number of hydrogen-bond acceptors (Lipinski definition) is 2. The summed E-state index contributed by atoms with van der Waals surface area (Å²) in [5, 5.41) is 13.2. The van der Waals surface area contributed by atoms with Gasteiger partial charge in [0.25, 0.3) is 6.71 Å². The Morgan fingerprint density at radius 3 is 1.03 bits per heavy atom. The molecule has 0 aliphatic carbocycles. The van der Waals surface area contributed by atoms with Crippen molar-refractivity contribution in [3.05, 3.63) is 399 Å². The molecule has 0 N–H and O–H groups in total. The van der Waals surface area contributed by atoms with Crippen LogP contribution in [0, 0.1) is 0 Å². The summed E-state index contributed by atoms with van der Waals surface area (Å²) < 4.78 is 2.52. The Hall–Kier alpha value is -11.8. The minimum atomic E-state index is -3.09. The van der Waals surface area contributed by atoms with Crippen LogP contribution in [-0.2, 0) is 12.8 Å². The molecule has 3 heterocycles. The SMILES string of the molecule is c1ccc(CCc2ccc3c(c2)B2c4cc([Si](c5ccccc5)(c5ccccc5)c5ccccc5)ccc4N(c4ccc([Si](c5ccccc5)(c5ccccc5)c5ccccc5)cc4)c4cc(-n5c6ccccc6c6ccccc65)cc(c42)N3c2ccc(-c3ccccc3)cc2)cc1. The number of fused-ring (bicyclic) bond motifs is 7. The maximum atomic E-state index is 2.68. The van der Waals surface area contributed by atoms with E-state index in [1.54, 1.807) is 0 Å². The first-order chi connectivity index (χ1) is 48.6. The van der Waals surface area contributed by atoms with Crippen molar-refractivity contribution >= 4 is 137 Å². The molecule has 18 rings (SSSR count). The smallest absolute Gasteiger partial charge is 0.252 e. The van der Waals surface area contributed by atoms with E-state index in [2.05, 4.69) is 403 Å².